The number of fused-ring (bicyclic) bond motifs is 3. The quantitative estimate of drug-likeness (QED) is 0.335. The van der Waals surface area contributed by atoms with E-state index >= 15 is 0 Å². The Balaban J connectivity index is 1.80. The first-order chi connectivity index (χ1) is 15.5. The van der Waals surface area contributed by atoms with Gasteiger partial charge in [0.25, 0.3) is 5.56 Å². The van der Waals surface area contributed by atoms with Crippen molar-refractivity contribution in [1.82, 2.24) is 14.1 Å². The van der Waals surface area contributed by atoms with Crippen molar-refractivity contribution in [1.29, 1.82) is 0 Å². The smallest absolute Gasteiger partial charge is 0.278 e. The van der Waals surface area contributed by atoms with Crippen molar-refractivity contribution in [2.24, 2.45) is 0 Å². The Morgan fingerprint density at radius 3 is 2.59 bits per heavy atom. The average Bonchev–Trinajstić information content (AvgIpc) is 3.10. The Labute approximate surface area is 189 Å². The second-order valence-corrected chi connectivity index (χ2v) is 8.46. The van der Waals surface area contributed by atoms with Gasteiger partial charge < -0.3 is 4.57 Å². The molecule has 3 aromatic carbocycles. The number of benzene rings is 3. The summed E-state index contributed by atoms with van der Waals surface area (Å²) < 4.78 is 18.1. The molecule has 0 fully saturated rings. The van der Waals surface area contributed by atoms with Gasteiger partial charge in [0.15, 0.2) is 0 Å². The molecule has 4 nitrogen and oxygen atoms in total. The van der Waals surface area contributed by atoms with Gasteiger partial charge in [-0.25, -0.2) is 9.37 Å². The fourth-order valence-electron chi connectivity index (χ4n) is 4.27. The zero-order valence-electron chi connectivity index (χ0n) is 17.7. The molecular formula is C26H21ClFN3O. The molecule has 0 spiro atoms. The number of aryl methyl sites for hydroxylation is 1. The first kappa shape index (κ1) is 20.5. The van der Waals surface area contributed by atoms with Crippen molar-refractivity contribution < 1.29 is 4.39 Å². The number of rotatable bonds is 4. The minimum atomic E-state index is -0.401. The van der Waals surface area contributed by atoms with Gasteiger partial charge >= 0.3 is 0 Å². The number of aromatic nitrogens is 3. The highest BCUT2D eigenvalue weighted by Crippen LogP contribution is 2.30. The van der Waals surface area contributed by atoms with Crippen LogP contribution in [0.3, 0.4) is 0 Å². The molecule has 0 aliphatic carbocycles. The topological polar surface area (TPSA) is 39.8 Å². The van der Waals surface area contributed by atoms with Crippen molar-refractivity contribution in [3.63, 3.8) is 0 Å². The maximum atomic E-state index is 14.6. The van der Waals surface area contributed by atoms with E-state index in [1.54, 1.807) is 23.0 Å². The molecular weight excluding hydrogens is 425 g/mol. The van der Waals surface area contributed by atoms with Crippen LogP contribution in [-0.4, -0.2) is 14.1 Å². The Bertz CT molecular complexity index is 1500. The van der Waals surface area contributed by atoms with Crippen molar-refractivity contribution in [2.75, 3.05) is 0 Å². The van der Waals surface area contributed by atoms with Crippen LogP contribution in [0.1, 0.15) is 29.7 Å². The van der Waals surface area contributed by atoms with Gasteiger partial charge in [-0.05, 0) is 43.7 Å². The second-order valence-electron chi connectivity index (χ2n) is 8.05. The molecule has 0 saturated carbocycles. The highest BCUT2D eigenvalue weighted by molar-refractivity contribution is 6.31. The normalized spacial score (nSPS) is 12.5. The lowest BCUT2D eigenvalue weighted by molar-refractivity contribution is 0.597. The monoisotopic (exact) mass is 445 g/mol. The van der Waals surface area contributed by atoms with Crippen LogP contribution in [0.25, 0.3) is 21.9 Å². The molecule has 160 valence electrons. The van der Waals surface area contributed by atoms with Crippen molar-refractivity contribution in [2.45, 2.75) is 26.4 Å². The Hall–Kier alpha value is -3.44. The van der Waals surface area contributed by atoms with Crippen molar-refractivity contribution in [3.8, 4) is 0 Å². The summed E-state index contributed by atoms with van der Waals surface area (Å²) in [6.07, 6.45) is 1.60. The van der Waals surface area contributed by atoms with E-state index in [2.05, 4.69) is 4.98 Å². The lowest BCUT2D eigenvalue weighted by atomic mass is 10.1. The van der Waals surface area contributed by atoms with Crippen molar-refractivity contribution >= 4 is 33.5 Å². The zero-order chi connectivity index (χ0) is 22.4. The van der Waals surface area contributed by atoms with Gasteiger partial charge in [0.2, 0.25) is 0 Å². The van der Waals surface area contributed by atoms with Crippen LogP contribution in [0.4, 0.5) is 4.39 Å². The summed E-state index contributed by atoms with van der Waals surface area (Å²) in [7, 11) is 0. The summed E-state index contributed by atoms with van der Waals surface area (Å²) in [4.78, 5) is 18.4. The molecule has 6 heteroatoms. The molecule has 0 amide bonds. The third kappa shape index (κ3) is 3.30. The highest BCUT2D eigenvalue weighted by atomic mass is 35.5. The van der Waals surface area contributed by atoms with Gasteiger partial charge in [-0.15, -0.1) is 0 Å². The van der Waals surface area contributed by atoms with E-state index in [0.29, 0.717) is 21.6 Å². The zero-order valence-corrected chi connectivity index (χ0v) is 18.5. The van der Waals surface area contributed by atoms with Gasteiger partial charge in [-0.1, -0.05) is 59.6 Å². The number of hydrogen-bond acceptors (Lipinski definition) is 2. The van der Waals surface area contributed by atoms with Gasteiger partial charge in [-0.3, -0.25) is 9.36 Å². The summed E-state index contributed by atoms with van der Waals surface area (Å²) in [5.74, 6) is -0.401. The molecule has 5 aromatic rings. The van der Waals surface area contributed by atoms with Gasteiger partial charge in [0.05, 0.1) is 24.4 Å². The van der Waals surface area contributed by atoms with E-state index in [1.165, 1.54) is 6.07 Å². The molecule has 0 N–H and O–H groups in total. The Morgan fingerprint density at radius 1 is 1.06 bits per heavy atom. The van der Waals surface area contributed by atoms with Gasteiger partial charge in [-0.2, -0.15) is 0 Å². The van der Waals surface area contributed by atoms with E-state index in [9.17, 15) is 9.18 Å². The standard InChI is InChI=1S/C26H21ClFN3O/c1-16-11-12-23-19(13-16)24-25(30(23)14-20-21(27)9-6-10-22(20)28)26(32)31(15-29-24)17(2)18-7-4-3-5-8-18/h3-13,15,17H,14H2,1-2H3/t17-/m1/s1. The largest absolute Gasteiger partial charge is 0.330 e. The van der Waals surface area contributed by atoms with E-state index < -0.39 is 5.82 Å². The first-order valence-electron chi connectivity index (χ1n) is 10.4. The number of nitrogens with zero attached hydrogens (tertiary/aromatic N) is 3. The molecule has 0 aliphatic heterocycles. The van der Waals surface area contributed by atoms with E-state index in [1.807, 2.05) is 66.9 Å². The van der Waals surface area contributed by atoms with Crippen LogP contribution >= 0.6 is 11.6 Å². The van der Waals surface area contributed by atoms with Crippen molar-refractivity contribution in [3.05, 3.63) is 111 Å². The number of hydrogen-bond donors (Lipinski definition) is 0. The maximum Gasteiger partial charge on any atom is 0.278 e. The van der Waals surface area contributed by atoms with Crippen LogP contribution in [-0.2, 0) is 6.54 Å². The van der Waals surface area contributed by atoms with Crippen LogP contribution in [0, 0.1) is 12.7 Å². The Morgan fingerprint density at radius 2 is 1.84 bits per heavy atom. The molecule has 2 aromatic heterocycles. The summed E-state index contributed by atoms with van der Waals surface area (Å²) in [6.45, 7) is 4.10. The van der Waals surface area contributed by atoms with Gasteiger partial charge in [0.1, 0.15) is 16.9 Å². The molecule has 5 rings (SSSR count). The molecule has 0 aliphatic rings. The highest BCUT2D eigenvalue weighted by Gasteiger charge is 2.20. The predicted octanol–water partition coefficient (Wildman–Crippen LogP) is 6.11. The van der Waals surface area contributed by atoms with Crippen LogP contribution < -0.4 is 5.56 Å². The predicted molar refractivity (Wildman–Crippen MR) is 127 cm³/mol. The van der Waals surface area contributed by atoms with Crippen LogP contribution in [0.5, 0.6) is 0 Å². The maximum absolute atomic E-state index is 14.6. The van der Waals surface area contributed by atoms with E-state index in [0.717, 1.165) is 22.0 Å². The lowest BCUT2D eigenvalue weighted by Gasteiger charge is -2.16. The molecule has 0 unspecified atom stereocenters. The minimum Gasteiger partial charge on any atom is -0.330 e. The first-order valence-corrected chi connectivity index (χ1v) is 10.8. The summed E-state index contributed by atoms with van der Waals surface area (Å²) in [5.41, 5.74) is 4.11. The molecule has 0 saturated heterocycles. The second kappa shape index (κ2) is 7.92. The molecule has 0 radical (unpaired) electrons. The van der Waals surface area contributed by atoms with Crippen LogP contribution in [0.2, 0.25) is 5.02 Å². The fraction of sp³-hybridized carbons (Fsp3) is 0.154. The summed E-state index contributed by atoms with van der Waals surface area (Å²) in [5, 5.41) is 1.19. The minimum absolute atomic E-state index is 0.134. The SMILES string of the molecule is Cc1ccc2c(c1)c1ncn([C@H](C)c3ccccc3)c(=O)c1n2Cc1c(F)cccc1Cl. The third-order valence-corrected chi connectivity index (χ3v) is 6.37. The molecule has 0 bridgehead atoms. The van der Waals surface area contributed by atoms with E-state index in [4.69, 9.17) is 11.6 Å². The molecule has 2 heterocycles. The van der Waals surface area contributed by atoms with Gasteiger partial charge in [0, 0.05) is 16.0 Å². The summed E-state index contributed by atoms with van der Waals surface area (Å²) in [6, 6.07) is 20.2. The number of halogens is 2. The third-order valence-electron chi connectivity index (χ3n) is 6.02. The fourth-order valence-corrected chi connectivity index (χ4v) is 4.49. The summed E-state index contributed by atoms with van der Waals surface area (Å²) >= 11 is 6.32. The van der Waals surface area contributed by atoms with Crippen LogP contribution in [0.15, 0.2) is 77.9 Å². The molecule has 32 heavy (non-hydrogen) atoms. The lowest BCUT2D eigenvalue weighted by Crippen LogP contribution is -2.26. The average molecular weight is 446 g/mol. The molecule has 1 atom stereocenters. The Kier molecular flexibility index (Phi) is 5.06. The van der Waals surface area contributed by atoms with E-state index in [-0.39, 0.29) is 18.1 Å².